The van der Waals surface area contributed by atoms with Crippen LogP contribution in [0.1, 0.15) is 94.7 Å². The molecule has 0 aromatic heterocycles. The fourth-order valence-electron chi connectivity index (χ4n) is 6.73. The van der Waals surface area contributed by atoms with E-state index in [1.807, 2.05) is 20.8 Å². The number of likely N-dealkylation sites (tertiary alicyclic amines) is 1. The third-order valence-electron chi connectivity index (χ3n) is 9.33. The standard InChI is InChI=1S/C30H45N3O4/c1-5-36-26-18-23(25(17-21(26)3)22-7-8-22)19-32-15-13-30(14-16-32)20-33(28(35)31-30)24-9-11-29(4,12-10-24)27(34)37-6-2/h17-18,22,24H,5-16,19-20H2,1-4H3,(H,31,35)/t24-,29+. The number of amides is 2. The van der Waals surface area contributed by atoms with Gasteiger partial charge in [-0.3, -0.25) is 9.69 Å². The van der Waals surface area contributed by atoms with Crippen molar-refractivity contribution in [1.29, 1.82) is 0 Å². The Balaban J connectivity index is 1.18. The summed E-state index contributed by atoms with van der Waals surface area (Å²) in [7, 11) is 0. The third kappa shape index (κ3) is 5.47. The highest BCUT2D eigenvalue weighted by molar-refractivity contribution is 5.79. The molecule has 2 saturated carbocycles. The first-order valence-corrected chi connectivity index (χ1v) is 14.5. The zero-order valence-corrected chi connectivity index (χ0v) is 23.2. The van der Waals surface area contributed by atoms with E-state index in [-0.39, 0.29) is 23.6 Å². The van der Waals surface area contributed by atoms with Crippen LogP contribution in [0.5, 0.6) is 5.75 Å². The SMILES string of the molecule is CCOc1cc(CN2CCC3(CC2)CN([C@H]2CC[C@@](C)(C(=O)OCC)CC2)C(=O)N3)c(C2CC2)cc1C. The number of hydrogen-bond acceptors (Lipinski definition) is 5. The molecule has 204 valence electrons. The number of carbonyl (C=O) groups excluding carboxylic acids is 2. The molecule has 1 N–H and O–H groups in total. The molecule has 0 atom stereocenters. The first kappa shape index (κ1) is 26.3. The lowest BCUT2D eigenvalue weighted by atomic mass is 9.73. The van der Waals surface area contributed by atoms with Crippen molar-refractivity contribution < 1.29 is 19.1 Å². The minimum absolute atomic E-state index is 0.0779. The van der Waals surface area contributed by atoms with Crippen molar-refractivity contribution in [2.45, 2.75) is 103 Å². The summed E-state index contributed by atoms with van der Waals surface area (Å²) in [5.74, 6) is 1.64. The molecule has 2 saturated heterocycles. The van der Waals surface area contributed by atoms with Crippen molar-refractivity contribution in [3.63, 3.8) is 0 Å². The summed E-state index contributed by atoms with van der Waals surface area (Å²) < 4.78 is 11.2. The number of benzene rings is 1. The zero-order chi connectivity index (χ0) is 26.2. The lowest BCUT2D eigenvalue weighted by Gasteiger charge is -2.41. The smallest absolute Gasteiger partial charge is 0.318 e. The van der Waals surface area contributed by atoms with E-state index < -0.39 is 5.41 Å². The molecule has 1 aromatic carbocycles. The van der Waals surface area contributed by atoms with Gasteiger partial charge in [0.25, 0.3) is 0 Å². The van der Waals surface area contributed by atoms with Gasteiger partial charge >= 0.3 is 12.0 Å². The van der Waals surface area contributed by atoms with E-state index in [1.54, 1.807) is 0 Å². The minimum atomic E-state index is -0.414. The van der Waals surface area contributed by atoms with Crippen molar-refractivity contribution >= 4 is 12.0 Å². The number of ether oxygens (including phenoxy) is 2. The highest BCUT2D eigenvalue weighted by Crippen LogP contribution is 2.44. The molecule has 0 unspecified atom stereocenters. The van der Waals surface area contributed by atoms with E-state index in [2.05, 4.69) is 34.2 Å². The molecule has 7 heteroatoms. The van der Waals surface area contributed by atoms with Crippen LogP contribution in [-0.4, -0.2) is 66.2 Å². The Morgan fingerprint density at radius 2 is 1.76 bits per heavy atom. The number of piperidine rings is 1. The lowest BCUT2D eigenvalue weighted by molar-refractivity contribution is -0.156. The van der Waals surface area contributed by atoms with Gasteiger partial charge in [0.15, 0.2) is 0 Å². The fraction of sp³-hybridized carbons (Fsp3) is 0.733. The molecular weight excluding hydrogens is 466 g/mol. The maximum Gasteiger partial charge on any atom is 0.318 e. The Morgan fingerprint density at radius 3 is 2.38 bits per heavy atom. The Labute approximate surface area is 222 Å². The van der Waals surface area contributed by atoms with Crippen molar-refractivity contribution in [2.24, 2.45) is 5.41 Å². The summed E-state index contributed by atoms with van der Waals surface area (Å²) in [5.41, 5.74) is 3.62. The Morgan fingerprint density at radius 1 is 1.05 bits per heavy atom. The highest BCUT2D eigenvalue weighted by atomic mass is 16.5. The topological polar surface area (TPSA) is 71.1 Å². The second kappa shape index (κ2) is 10.5. The van der Waals surface area contributed by atoms with Crippen molar-refractivity contribution in [3.05, 3.63) is 28.8 Å². The van der Waals surface area contributed by atoms with E-state index in [9.17, 15) is 9.59 Å². The first-order valence-electron chi connectivity index (χ1n) is 14.5. The second-order valence-corrected chi connectivity index (χ2v) is 12.2. The number of rotatable bonds is 8. The van der Waals surface area contributed by atoms with Gasteiger partial charge in [-0.1, -0.05) is 6.07 Å². The summed E-state index contributed by atoms with van der Waals surface area (Å²) in [6.07, 6.45) is 7.85. The average molecular weight is 512 g/mol. The number of nitrogens with one attached hydrogen (secondary N) is 1. The maximum absolute atomic E-state index is 13.1. The monoisotopic (exact) mass is 511 g/mol. The summed E-state index contributed by atoms with van der Waals surface area (Å²) in [4.78, 5) is 30.1. The van der Waals surface area contributed by atoms with Gasteiger partial charge in [-0.25, -0.2) is 4.79 Å². The number of esters is 1. The van der Waals surface area contributed by atoms with Gasteiger partial charge in [0.2, 0.25) is 0 Å². The van der Waals surface area contributed by atoms with Gasteiger partial charge in [-0.15, -0.1) is 0 Å². The minimum Gasteiger partial charge on any atom is -0.494 e. The van der Waals surface area contributed by atoms with Gasteiger partial charge in [-0.05, 0) is 108 Å². The van der Waals surface area contributed by atoms with Crippen LogP contribution in [0.25, 0.3) is 0 Å². The van der Waals surface area contributed by atoms with E-state index in [0.29, 0.717) is 19.1 Å². The predicted octanol–water partition coefficient (Wildman–Crippen LogP) is 5.14. The molecule has 1 aromatic rings. The Kier molecular flexibility index (Phi) is 7.45. The number of aryl methyl sites for hydroxylation is 1. The van der Waals surface area contributed by atoms with Gasteiger partial charge in [0.1, 0.15) is 5.75 Å². The average Bonchev–Trinajstić information content (AvgIpc) is 3.67. The van der Waals surface area contributed by atoms with Crippen molar-refractivity contribution in [2.75, 3.05) is 32.8 Å². The molecule has 5 rings (SSSR count). The van der Waals surface area contributed by atoms with Crippen LogP contribution < -0.4 is 10.1 Å². The molecule has 4 aliphatic rings. The molecule has 0 radical (unpaired) electrons. The summed E-state index contributed by atoms with van der Waals surface area (Å²) in [5, 5.41) is 3.39. The normalized spacial score (nSPS) is 27.8. The molecule has 0 bridgehead atoms. The van der Waals surface area contributed by atoms with E-state index in [0.717, 1.165) is 70.5 Å². The molecule has 37 heavy (non-hydrogen) atoms. The van der Waals surface area contributed by atoms with Crippen molar-refractivity contribution in [3.8, 4) is 5.75 Å². The van der Waals surface area contributed by atoms with Crippen molar-refractivity contribution in [1.82, 2.24) is 15.1 Å². The largest absolute Gasteiger partial charge is 0.494 e. The molecule has 2 aliphatic carbocycles. The summed E-state index contributed by atoms with van der Waals surface area (Å²) in [6, 6.07) is 4.93. The summed E-state index contributed by atoms with van der Waals surface area (Å²) >= 11 is 0. The molecule has 2 aliphatic heterocycles. The molecule has 2 amide bonds. The number of carbonyl (C=O) groups is 2. The van der Waals surface area contributed by atoms with Crippen LogP contribution in [0, 0.1) is 12.3 Å². The lowest BCUT2D eigenvalue weighted by Crippen LogP contribution is -2.52. The number of urea groups is 1. The number of hydrogen-bond donors (Lipinski definition) is 1. The van der Waals surface area contributed by atoms with E-state index >= 15 is 0 Å². The third-order valence-corrected chi connectivity index (χ3v) is 9.33. The first-order chi connectivity index (χ1) is 17.8. The van der Waals surface area contributed by atoms with Crippen LogP contribution in [0.2, 0.25) is 0 Å². The van der Waals surface area contributed by atoms with Gasteiger partial charge in [-0.2, -0.15) is 0 Å². The van der Waals surface area contributed by atoms with Gasteiger partial charge < -0.3 is 19.7 Å². The quantitative estimate of drug-likeness (QED) is 0.489. The Hall–Kier alpha value is -2.28. The van der Waals surface area contributed by atoms with Crippen LogP contribution >= 0.6 is 0 Å². The molecule has 7 nitrogen and oxygen atoms in total. The Bertz CT molecular complexity index is 1000. The molecule has 2 heterocycles. The highest BCUT2D eigenvalue weighted by Gasteiger charge is 2.48. The van der Waals surface area contributed by atoms with Crippen LogP contribution in [0.15, 0.2) is 12.1 Å². The second-order valence-electron chi connectivity index (χ2n) is 12.2. The zero-order valence-electron chi connectivity index (χ0n) is 23.2. The molecule has 4 fully saturated rings. The van der Waals surface area contributed by atoms with Crippen LogP contribution in [0.3, 0.4) is 0 Å². The molecular formula is C30H45N3O4. The van der Waals surface area contributed by atoms with Crippen LogP contribution in [-0.2, 0) is 16.1 Å². The summed E-state index contributed by atoms with van der Waals surface area (Å²) in [6.45, 7) is 12.9. The molecule has 1 spiro atoms. The number of nitrogens with zero attached hydrogens (tertiary/aromatic N) is 2. The van der Waals surface area contributed by atoms with Gasteiger partial charge in [0.05, 0.1) is 24.2 Å². The maximum atomic E-state index is 13.1. The van der Waals surface area contributed by atoms with E-state index in [4.69, 9.17) is 9.47 Å². The fourth-order valence-corrected chi connectivity index (χ4v) is 6.73. The van der Waals surface area contributed by atoms with E-state index in [1.165, 1.54) is 29.5 Å². The van der Waals surface area contributed by atoms with Crippen LogP contribution in [0.4, 0.5) is 4.79 Å². The van der Waals surface area contributed by atoms with Gasteiger partial charge in [0, 0.05) is 32.2 Å². The predicted molar refractivity (Wildman–Crippen MR) is 144 cm³/mol.